The third-order valence-corrected chi connectivity index (χ3v) is 4.81. The van der Waals surface area contributed by atoms with Crippen LogP contribution in [0.2, 0.25) is 0 Å². The molecule has 2 aromatic rings. The van der Waals surface area contributed by atoms with Crippen molar-refractivity contribution in [3.8, 4) is 0 Å². The van der Waals surface area contributed by atoms with Crippen molar-refractivity contribution in [3.63, 3.8) is 0 Å². The van der Waals surface area contributed by atoms with Crippen LogP contribution in [-0.4, -0.2) is 11.2 Å². The summed E-state index contributed by atoms with van der Waals surface area (Å²) in [5.41, 5.74) is 1.30. The summed E-state index contributed by atoms with van der Waals surface area (Å²) in [7, 11) is 0. The smallest absolute Gasteiger partial charge is 0.166 e. The Morgan fingerprint density at radius 3 is 2.59 bits per heavy atom. The van der Waals surface area contributed by atoms with Gasteiger partial charge in [0, 0.05) is 6.04 Å². The first-order valence-corrected chi connectivity index (χ1v) is 8.69. The van der Waals surface area contributed by atoms with E-state index in [-0.39, 0.29) is 6.04 Å². The molecular weight excluding hydrogens is 288 g/mol. The Bertz CT molecular complexity index is 641. The number of hydrogen-bond acceptors (Lipinski definition) is 1. The summed E-state index contributed by atoms with van der Waals surface area (Å²) in [6, 6.07) is 15.7. The second kappa shape index (κ2) is 7.10. The van der Waals surface area contributed by atoms with Gasteiger partial charge in [-0.25, -0.2) is 0 Å². The number of benzene rings is 2. The van der Waals surface area contributed by atoms with Crippen LogP contribution in [-0.2, 0) is 0 Å². The lowest BCUT2D eigenvalue weighted by Gasteiger charge is -2.26. The van der Waals surface area contributed by atoms with Gasteiger partial charge in [0.15, 0.2) is 5.11 Å². The largest absolute Gasteiger partial charge is 0.360 e. The first-order valence-electron chi connectivity index (χ1n) is 8.29. The van der Waals surface area contributed by atoms with Crippen LogP contribution in [0.15, 0.2) is 42.5 Å². The van der Waals surface area contributed by atoms with E-state index in [0.717, 1.165) is 5.11 Å². The van der Waals surface area contributed by atoms with Gasteiger partial charge in [-0.1, -0.05) is 61.7 Å². The minimum absolute atomic E-state index is 0.203. The molecular formula is C19H24N2S. The number of thiocarbonyl (C=S) groups is 1. The molecule has 2 N–H and O–H groups in total. The topological polar surface area (TPSA) is 24.1 Å². The molecule has 0 saturated heterocycles. The van der Waals surface area contributed by atoms with E-state index < -0.39 is 0 Å². The molecule has 22 heavy (non-hydrogen) atoms. The van der Waals surface area contributed by atoms with Gasteiger partial charge in [0.2, 0.25) is 0 Å². The maximum atomic E-state index is 5.51. The van der Waals surface area contributed by atoms with Gasteiger partial charge in [-0.05, 0) is 48.3 Å². The monoisotopic (exact) mass is 312 g/mol. The normalized spacial score (nSPS) is 17.1. The highest BCUT2D eigenvalue weighted by atomic mass is 32.1. The molecule has 1 saturated carbocycles. The van der Waals surface area contributed by atoms with E-state index in [4.69, 9.17) is 12.2 Å². The minimum atomic E-state index is 0.203. The number of rotatable bonds is 3. The first kappa shape index (κ1) is 15.3. The average Bonchev–Trinajstić information content (AvgIpc) is 2.55. The Kier molecular flexibility index (Phi) is 4.94. The molecule has 1 aliphatic carbocycles. The maximum absolute atomic E-state index is 5.51. The zero-order valence-electron chi connectivity index (χ0n) is 13.1. The van der Waals surface area contributed by atoms with E-state index in [1.54, 1.807) is 0 Å². The van der Waals surface area contributed by atoms with E-state index in [1.165, 1.54) is 48.4 Å². The number of fused-ring (bicyclic) bond motifs is 1. The summed E-state index contributed by atoms with van der Waals surface area (Å²) in [5, 5.41) is 10.3. The quantitative estimate of drug-likeness (QED) is 0.804. The highest BCUT2D eigenvalue weighted by molar-refractivity contribution is 7.80. The average molecular weight is 312 g/mol. The Balaban J connectivity index is 1.67. The molecule has 1 fully saturated rings. The van der Waals surface area contributed by atoms with Crippen LogP contribution in [0.5, 0.6) is 0 Å². The summed E-state index contributed by atoms with van der Waals surface area (Å²) in [6.45, 7) is 2.18. The molecule has 2 aromatic carbocycles. The summed E-state index contributed by atoms with van der Waals surface area (Å²) in [5.74, 6) is 0. The standard InChI is InChI=1S/C19H24N2S/c1-14(20-19(22)21-16-10-3-2-4-11-16)17-13-7-9-15-8-5-6-12-18(15)17/h5-9,12-14,16H,2-4,10-11H2,1H3,(H2,20,21,22)/t14-/m0/s1. The predicted molar refractivity (Wildman–Crippen MR) is 98.1 cm³/mol. The van der Waals surface area contributed by atoms with Gasteiger partial charge in [0.25, 0.3) is 0 Å². The molecule has 0 aliphatic heterocycles. The highest BCUT2D eigenvalue weighted by Gasteiger charge is 2.16. The van der Waals surface area contributed by atoms with Gasteiger partial charge in [0.05, 0.1) is 6.04 Å². The SMILES string of the molecule is C[C@H](NC(=S)NC1CCCCC1)c1cccc2ccccc12. The van der Waals surface area contributed by atoms with Crippen LogP contribution in [0.3, 0.4) is 0 Å². The van der Waals surface area contributed by atoms with Crippen molar-refractivity contribution in [1.82, 2.24) is 10.6 Å². The van der Waals surface area contributed by atoms with Crippen LogP contribution in [0.1, 0.15) is 50.6 Å². The first-order chi connectivity index (χ1) is 10.7. The maximum Gasteiger partial charge on any atom is 0.166 e. The molecule has 0 spiro atoms. The van der Waals surface area contributed by atoms with Crippen LogP contribution < -0.4 is 10.6 Å². The van der Waals surface area contributed by atoms with Crippen molar-refractivity contribution in [3.05, 3.63) is 48.0 Å². The summed E-state index contributed by atoms with van der Waals surface area (Å²) >= 11 is 5.51. The molecule has 0 radical (unpaired) electrons. The van der Waals surface area contributed by atoms with Crippen molar-refractivity contribution in [2.24, 2.45) is 0 Å². The molecule has 116 valence electrons. The fraction of sp³-hybridized carbons (Fsp3) is 0.421. The van der Waals surface area contributed by atoms with Crippen molar-refractivity contribution >= 4 is 28.1 Å². The summed E-state index contributed by atoms with van der Waals surface area (Å²) in [6.07, 6.45) is 6.48. The zero-order valence-corrected chi connectivity index (χ0v) is 14.0. The van der Waals surface area contributed by atoms with Gasteiger partial charge >= 0.3 is 0 Å². The van der Waals surface area contributed by atoms with E-state index in [0.29, 0.717) is 6.04 Å². The van der Waals surface area contributed by atoms with E-state index in [9.17, 15) is 0 Å². The predicted octanol–water partition coefficient (Wildman–Crippen LogP) is 4.70. The van der Waals surface area contributed by atoms with E-state index in [1.807, 2.05) is 0 Å². The Morgan fingerprint density at radius 2 is 1.77 bits per heavy atom. The summed E-state index contributed by atoms with van der Waals surface area (Å²) < 4.78 is 0. The van der Waals surface area contributed by atoms with Gasteiger partial charge in [-0.2, -0.15) is 0 Å². The molecule has 3 rings (SSSR count). The van der Waals surface area contributed by atoms with Crippen LogP contribution in [0, 0.1) is 0 Å². The third-order valence-electron chi connectivity index (χ3n) is 4.58. The van der Waals surface area contributed by atoms with Crippen molar-refractivity contribution in [2.45, 2.75) is 51.1 Å². The van der Waals surface area contributed by atoms with Gasteiger partial charge in [-0.15, -0.1) is 0 Å². The molecule has 3 heteroatoms. The van der Waals surface area contributed by atoms with Crippen molar-refractivity contribution in [2.75, 3.05) is 0 Å². The minimum Gasteiger partial charge on any atom is -0.360 e. The van der Waals surface area contributed by atoms with Crippen LogP contribution in [0.4, 0.5) is 0 Å². The van der Waals surface area contributed by atoms with Crippen molar-refractivity contribution < 1.29 is 0 Å². The third kappa shape index (κ3) is 3.58. The molecule has 1 aliphatic rings. The number of nitrogens with one attached hydrogen (secondary N) is 2. The Labute approximate surface area is 138 Å². The fourth-order valence-electron chi connectivity index (χ4n) is 3.38. The van der Waals surface area contributed by atoms with Gasteiger partial charge in [0.1, 0.15) is 0 Å². The molecule has 0 amide bonds. The lowest BCUT2D eigenvalue weighted by molar-refractivity contribution is 0.411. The van der Waals surface area contributed by atoms with Crippen molar-refractivity contribution in [1.29, 1.82) is 0 Å². The Morgan fingerprint density at radius 1 is 1.05 bits per heavy atom. The lowest BCUT2D eigenvalue weighted by Crippen LogP contribution is -2.43. The van der Waals surface area contributed by atoms with Crippen LogP contribution >= 0.6 is 12.2 Å². The molecule has 0 heterocycles. The molecule has 0 unspecified atom stereocenters. The van der Waals surface area contributed by atoms with E-state index >= 15 is 0 Å². The lowest BCUT2D eigenvalue weighted by atomic mass is 9.96. The van der Waals surface area contributed by atoms with Gasteiger partial charge < -0.3 is 10.6 Å². The highest BCUT2D eigenvalue weighted by Crippen LogP contribution is 2.24. The molecule has 2 nitrogen and oxygen atoms in total. The number of hydrogen-bond donors (Lipinski definition) is 2. The molecule has 1 atom stereocenters. The zero-order chi connectivity index (χ0) is 15.4. The fourth-order valence-corrected chi connectivity index (χ4v) is 3.72. The second-order valence-electron chi connectivity index (χ2n) is 6.24. The van der Waals surface area contributed by atoms with E-state index in [2.05, 4.69) is 60.0 Å². The van der Waals surface area contributed by atoms with Gasteiger partial charge in [-0.3, -0.25) is 0 Å². The Hall–Kier alpha value is -1.61. The second-order valence-corrected chi connectivity index (χ2v) is 6.65. The molecule has 0 aromatic heterocycles. The van der Waals surface area contributed by atoms with Crippen LogP contribution in [0.25, 0.3) is 10.8 Å². The summed E-state index contributed by atoms with van der Waals surface area (Å²) in [4.78, 5) is 0. The molecule has 0 bridgehead atoms.